The van der Waals surface area contributed by atoms with Crippen LogP contribution >= 0.6 is 11.6 Å². The van der Waals surface area contributed by atoms with E-state index in [-0.39, 0.29) is 11.9 Å². The van der Waals surface area contributed by atoms with Gasteiger partial charge in [-0.1, -0.05) is 54.9 Å². The first-order chi connectivity index (χ1) is 10.1. The zero-order chi connectivity index (χ0) is 15.2. The van der Waals surface area contributed by atoms with Crippen molar-refractivity contribution in [3.05, 3.63) is 64.9 Å². The van der Waals surface area contributed by atoms with Crippen molar-refractivity contribution >= 4 is 17.5 Å². The van der Waals surface area contributed by atoms with Crippen LogP contribution < -0.4 is 0 Å². The minimum absolute atomic E-state index is 0.0873. The molecule has 2 aromatic rings. The lowest BCUT2D eigenvalue weighted by Crippen LogP contribution is -2.38. The molecule has 0 saturated heterocycles. The van der Waals surface area contributed by atoms with Crippen LogP contribution in [0, 0.1) is 0 Å². The van der Waals surface area contributed by atoms with Gasteiger partial charge < -0.3 is 4.90 Å². The zero-order valence-corrected chi connectivity index (χ0v) is 13.0. The summed E-state index contributed by atoms with van der Waals surface area (Å²) in [7, 11) is 0. The van der Waals surface area contributed by atoms with Crippen LogP contribution in [0.25, 0.3) is 0 Å². The van der Waals surface area contributed by atoms with E-state index in [1.165, 1.54) is 0 Å². The van der Waals surface area contributed by atoms with Crippen molar-refractivity contribution in [2.24, 2.45) is 0 Å². The number of hydrogen-bond donors (Lipinski definition) is 0. The number of pyridine rings is 1. The topological polar surface area (TPSA) is 33.2 Å². The third-order valence-corrected chi connectivity index (χ3v) is 3.72. The lowest BCUT2D eigenvalue weighted by Gasteiger charge is -2.28. The Morgan fingerprint density at radius 2 is 1.90 bits per heavy atom. The first-order valence-corrected chi connectivity index (χ1v) is 7.47. The maximum atomic E-state index is 12.7. The molecule has 0 fully saturated rings. The molecule has 0 aliphatic carbocycles. The molecule has 110 valence electrons. The largest absolute Gasteiger partial charge is 0.330 e. The van der Waals surface area contributed by atoms with Gasteiger partial charge in [0.2, 0.25) is 0 Å². The Hall–Kier alpha value is -1.87. The molecular weight excluding hydrogens is 284 g/mol. The average Bonchev–Trinajstić information content (AvgIpc) is 2.52. The van der Waals surface area contributed by atoms with Crippen molar-refractivity contribution in [3.63, 3.8) is 0 Å². The molecule has 3 nitrogen and oxygen atoms in total. The third kappa shape index (κ3) is 4.05. The Bertz CT molecular complexity index is 601. The predicted molar refractivity (Wildman–Crippen MR) is 85.3 cm³/mol. The molecule has 2 rings (SSSR count). The molecule has 21 heavy (non-hydrogen) atoms. The molecule has 0 aliphatic rings. The fourth-order valence-electron chi connectivity index (χ4n) is 2.10. The van der Waals surface area contributed by atoms with Crippen LogP contribution in [0.3, 0.4) is 0 Å². The second-order valence-electron chi connectivity index (χ2n) is 5.02. The number of benzene rings is 1. The van der Waals surface area contributed by atoms with Gasteiger partial charge >= 0.3 is 0 Å². The smallest absolute Gasteiger partial charge is 0.273 e. The molecular formula is C17H19ClN2O. The minimum atomic E-state index is -0.0873. The zero-order valence-electron chi connectivity index (χ0n) is 12.3. The summed E-state index contributed by atoms with van der Waals surface area (Å²) in [6.45, 7) is 4.69. The van der Waals surface area contributed by atoms with E-state index < -0.39 is 0 Å². The molecule has 0 bridgehead atoms. The van der Waals surface area contributed by atoms with Crippen molar-refractivity contribution in [3.8, 4) is 0 Å². The number of carbonyl (C=O) groups excluding carboxylic acids is 1. The monoisotopic (exact) mass is 302 g/mol. The van der Waals surface area contributed by atoms with Crippen molar-refractivity contribution in [2.45, 2.75) is 32.9 Å². The summed E-state index contributed by atoms with van der Waals surface area (Å²) in [5.74, 6) is -0.0873. The lowest BCUT2D eigenvalue weighted by atomic mass is 10.1. The summed E-state index contributed by atoms with van der Waals surface area (Å²) in [6, 6.07) is 15.2. The molecule has 1 amide bonds. The van der Waals surface area contributed by atoms with E-state index in [9.17, 15) is 4.79 Å². The number of nitrogens with zero attached hydrogens (tertiary/aromatic N) is 2. The summed E-state index contributed by atoms with van der Waals surface area (Å²) >= 11 is 5.89. The molecule has 0 N–H and O–H groups in total. The molecule has 0 aliphatic heterocycles. The maximum absolute atomic E-state index is 12.7. The summed E-state index contributed by atoms with van der Waals surface area (Å²) in [5, 5.41) is 0.338. The number of carbonyl (C=O) groups is 1. The van der Waals surface area contributed by atoms with Crippen LogP contribution in [-0.4, -0.2) is 21.8 Å². The second kappa shape index (κ2) is 7.23. The van der Waals surface area contributed by atoms with E-state index in [1.807, 2.05) is 42.2 Å². The van der Waals surface area contributed by atoms with Crippen molar-refractivity contribution in [2.75, 3.05) is 0 Å². The maximum Gasteiger partial charge on any atom is 0.273 e. The number of aromatic nitrogens is 1. The van der Waals surface area contributed by atoms with E-state index in [2.05, 4.69) is 11.9 Å². The highest BCUT2D eigenvalue weighted by Crippen LogP contribution is 2.15. The highest BCUT2D eigenvalue weighted by molar-refractivity contribution is 6.29. The average molecular weight is 303 g/mol. The predicted octanol–water partition coefficient (Wildman–Crippen LogP) is 4.18. The number of amides is 1. The van der Waals surface area contributed by atoms with E-state index in [0.717, 1.165) is 12.0 Å². The molecule has 0 saturated carbocycles. The molecule has 1 heterocycles. The number of hydrogen-bond acceptors (Lipinski definition) is 2. The van der Waals surface area contributed by atoms with Gasteiger partial charge in [0, 0.05) is 12.6 Å². The fraction of sp³-hybridized carbons (Fsp3) is 0.294. The minimum Gasteiger partial charge on any atom is -0.330 e. The van der Waals surface area contributed by atoms with E-state index in [4.69, 9.17) is 11.6 Å². The summed E-state index contributed by atoms with van der Waals surface area (Å²) in [6.07, 6.45) is 0.888. The second-order valence-corrected chi connectivity index (χ2v) is 5.41. The van der Waals surface area contributed by atoms with Crippen LogP contribution in [-0.2, 0) is 6.54 Å². The molecule has 4 heteroatoms. The summed E-state index contributed by atoms with van der Waals surface area (Å²) in [5.41, 5.74) is 1.49. The van der Waals surface area contributed by atoms with Gasteiger partial charge in [-0.05, 0) is 31.0 Å². The Morgan fingerprint density at radius 1 is 1.19 bits per heavy atom. The molecule has 1 aromatic heterocycles. The summed E-state index contributed by atoms with van der Waals surface area (Å²) < 4.78 is 0. The van der Waals surface area contributed by atoms with Crippen LogP contribution in [0.1, 0.15) is 36.3 Å². The normalized spacial score (nSPS) is 12.0. The standard InChI is InChI=1S/C17H19ClN2O/c1-3-13(2)20(12-14-8-5-4-6-9-14)17(21)15-10-7-11-16(18)19-15/h4-11,13H,3,12H2,1-2H3. The Kier molecular flexibility index (Phi) is 5.34. The lowest BCUT2D eigenvalue weighted by molar-refractivity contribution is 0.0665. The molecule has 1 aromatic carbocycles. The third-order valence-electron chi connectivity index (χ3n) is 3.51. The van der Waals surface area contributed by atoms with Crippen LogP contribution in [0.4, 0.5) is 0 Å². The van der Waals surface area contributed by atoms with Crippen LogP contribution in [0.5, 0.6) is 0 Å². The van der Waals surface area contributed by atoms with Gasteiger partial charge in [0.15, 0.2) is 0 Å². The highest BCUT2D eigenvalue weighted by Gasteiger charge is 2.21. The Labute approximate surface area is 130 Å². The van der Waals surface area contributed by atoms with Gasteiger partial charge in [0.05, 0.1) is 0 Å². The highest BCUT2D eigenvalue weighted by atomic mass is 35.5. The van der Waals surface area contributed by atoms with Gasteiger partial charge in [0.25, 0.3) is 5.91 Å². The Balaban J connectivity index is 2.25. The molecule has 1 unspecified atom stereocenters. The van der Waals surface area contributed by atoms with E-state index >= 15 is 0 Å². The van der Waals surface area contributed by atoms with Crippen LogP contribution in [0.2, 0.25) is 5.15 Å². The Morgan fingerprint density at radius 3 is 2.52 bits per heavy atom. The number of rotatable bonds is 5. The fourth-order valence-corrected chi connectivity index (χ4v) is 2.27. The first-order valence-electron chi connectivity index (χ1n) is 7.09. The van der Waals surface area contributed by atoms with Gasteiger partial charge in [-0.25, -0.2) is 4.98 Å². The van der Waals surface area contributed by atoms with Crippen LogP contribution in [0.15, 0.2) is 48.5 Å². The van der Waals surface area contributed by atoms with Gasteiger partial charge in [-0.3, -0.25) is 4.79 Å². The first kappa shape index (κ1) is 15.5. The van der Waals surface area contributed by atoms with E-state index in [1.54, 1.807) is 18.2 Å². The molecule has 0 radical (unpaired) electrons. The van der Waals surface area contributed by atoms with Crippen molar-refractivity contribution in [1.29, 1.82) is 0 Å². The quantitative estimate of drug-likeness (QED) is 0.776. The van der Waals surface area contributed by atoms with E-state index in [0.29, 0.717) is 17.4 Å². The SMILES string of the molecule is CCC(C)N(Cc1ccccc1)C(=O)c1cccc(Cl)n1. The molecule has 1 atom stereocenters. The summed E-state index contributed by atoms with van der Waals surface area (Å²) in [4.78, 5) is 18.7. The van der Waals surface area contributed by atoms with Gasteiger partial charge in [-0.15, -0.1) is 0 Å². The molecule has 0 spiro atoms. The van der Waals surface area contributed by atoms with Crippen molar-refractivity contribution < 1.29 is 4.79 Å². The number of halogens is 1. The van der Waals surface area contributed by atoms with Crippen molar-refractivity contribution in [1.82, 2.24) is 9.88 Å². The van der Waals surface area contributed by atoms with Gasteiger partial charge in [-0.2, -0.15) is 0 Å². The van der Waals surface area contributed by atoms with Gasteiger partial charge in [0.1, 0.15) is 10.8 Å².